The number of aryl methyl sites for hydroxylation is 2. The van der Waals surface area contributed by atoms with Gasteiger partial charge in [-0.3, -0.25) is 4.79 Å². The lowest BCUT2D eigenvalue weighted by atomic mass is 10.1. The monoisotopic (exact) mass is 283 g/mol. The Balaban J connectivity index is 2.27. The number of carboxylic acids is 1. The molecule has 6 heteroatoms. The molecule has 0 aliphatic heterocycles. The first-order chi connectivity index (χ1) is 8.94. The van der Waals surface area contributed by atoms with E-state index in [1.54, 1.807) is 19.1 Å². The van der Waals surface area contributed by atoms with Crippen molar-refractivity contribution in [3.05, 3.63) is 29.3 Å². The first-order valence-electron chi connectivity index (χ1n) is 6.31. The van der Waals surface area contributed by atoms with Crippen LogP contribution in [0.2, 0.25) is 0 Å². The molecule has 1 aromatic rings. The average Bonchev–Trinajstić information content (AvgIpc) is 2.82. The third-order valence-corrected chi connectivity index (χ3v) is 4.85. The highest BCUT2D eigenvalue weighted by molar-refractivity contribution is 7.89. The van der Waals surface area contributed by atoms with Gasteiger partial charge in [-0.1, -0.05) is 13.0 Å². The Kier molecular flexibility index (Phi) is 3.91. The van der Waals surface area contributed by atoms with Crippen LogP contribution in [0.1, 0.15) is 30.9 Å². The van der Waals surface area contributed by atoms with E-state index in [0.717, 1.165) is 24.8 Å². The van der Waals surface area contributed by atoms with Crippen LogP contribution in [-0.4, -0.2) is 25.5 Å². The van der Waals surface area contributed by atoms with Crippen molar-refractivity contribution >= 4 is 16.0 Å². The van der Waals surface area contributed by atoms with Gasteiger partial charge in [-0.2, -0.15) is 4.72 Å². The molecule has 0 saturated heterocycles. The minimum Gasteiger partial charge on any atom is -0.480 e. The highest BCUT2D eigenvalue weighted by Gasteiger charge is 2.24. The fraction of sp³-hybridized carbons (Fsp3) is 0.462. The minimum atomic E-state index is -3.77. The van der Waals surface area contributed by atoms with Crippen molar-refractivity contribution in [2.75, 3.05) is 0 Å². The van der Waals surface area contributed by atoms with E-state index in [1.165, 1.54) is 5.56 Å². The van der Waals surface area contributed by atoms with Crippen molar-refractivity contribution in [3.63, 3.8) is 0 Å². The maximum absolute atomic E-state index is 12.1. The molecule has 0 amide bonds. The summed E-state index contributed by atoms with van der Waals surface area (Å²) in [7, 11) is -3.77. The summed E-state index contributed by atoms with van der Waals surface area (Å²) < 4.78 is 26.5. The fourth-order valence-corrected chi connectivity index (χ4v) is 3.60. The number of aliphatic carboxylic acids is 1. The summed E-state index contributed by atoms with van der Waals surface area (Å²) in [5.41, 5.74) is 2.23. The van der Waals surface area contributed by atoms with Gasteiger partial charge in [0, 0.05) is 0 Å². The summed E-state index contributed by atoms with van der Waals surface area (Å²) in [4.78, 5) is 11.0. The molecule has 1 aromatic carbocycles. The Morgan fingerprint density at radius 2 is 2.05 bits per heavy atom. The van der Waals surface area contributed by atoms with Crippen LogP contribution in [-0.2, 0) is 27.7 Å². The smallest absolute Gasteiger partial charge is 0.321 e. The van der Waals surface area contributed by atoms with Gasteiger partial charge in [0.1, 0.15) is 6.04 Å². The summed E-state index contributed by atoms with van der Waals surface area (Å²) in [6.07, 6.45) is 3.11. The Labute approximate surface area is 112 Å². The van der Waals surface area contributed by atoms with Gasteiger partial charge in [0.25, 0.3) is 0 Å². The van der Waals surface area contributed by atoms with Crippen molar-refractivity contribution in [3.8, 4) is 0 Å². The molecule has 0 aromatic heterocycles. The number of carbonyl (C=O) groups is 1. The molecule has 0 saturated carbocycles. The summed E-state index contributed by atoms with van der Waals surface area (Å²) >= 11 is 0. The van der Waals surface area contributed by atoms with Crippen LogP contribution in [0.15, 0.2) is 23.1 Å². The average molecular weight is 283 g/mol. The van der Waals surface area contributed by atoms with E-state index in [9.17, 15) is 13.2 Å². The maximum Gasteiger partial charge on any atom is 0.321 e. The Morgan fingerprint density at radius 3 is 2.68 bits per heavy atom. The zero-order chi connectivity index (χ0) is 14.0. The summed E-state index contributed by atoms with van der Waals surface area (Å²) in [5, 5.41) is 8.91. The van der Waals surface area contributed by atoms with Crippen molar-refractivity contribution in [1.82, 2.24) is 4.72 Å². The molecule has 1 unspecified atom stereocenters. The molecular weight excluding hydrogens is 266 g/mol. The molecule has 0 fully saturated rings. The van der Waals surface area contributed by atoms with Crippen molar-refractivity contribution in [1.29, 1.82) is 0 Å². The van der Waals surface area contributed by atoms with Crippen LogP contribution < -0.4 is 4.72 Å². The second-order valence-corrected chi connectivity index (χ2v) is 6.42. The quantitative estimate of drug-likeness (QED) is 0.853. The van der Waals surface area contributed by atoms with E-state index in [1.807, 2.05) is 6.07 Å². The summed E-state index contributed by atoms with van der Waals surface area (Å²) in [5.74, 6) is -1.16. The van der Waals surface area contributed by atoms with E-state index in [0.29, 0.717) is 0 Å². The molecule has 0 heterocycles. The van der Waals surface area contributed by atoms with Crippen LogP contribution >= 0.6 is 0 Å². The largest absolute Gasteiger partial charge is 0.480 e. The van der Waals surface area contributed by atoms with Crippen molar-refractivity contribution in [2.24, 2.45) is 0 Å². The van der Waals surface area contributed by atoms with Crippen LogP contribution in [0.3, 0.4) is 0 Å². The molecule has 0 bridgehead atoms. The van der Waals surface area contributed by atoms with Crippen molar-refractivity contribution in [2.45, 2.75) is 43.5 Å². The minimum absolute atomic E-state index is 0.146. The number of sulfonamides is 1. The van der Waals surface area contributed by atoms with Crippen LogP contribution in [0.25, 0.3) is 0 Å². The summed E-state index contributed by atoms with van der Waals surface area (Å²) in [6, 6.07) is 3.93. The van der Waals surface area contributed by atoms with Gasteiger partial charge in [0.15, 0.2) is 0 Å². The standard InChI is InChI=1S/C13H17NO4S/c1-2-12(13(15)16)14-19(17,18)11-7-6-9-4-3-5-10(9)8-11/h6-8,12,14H,2-5H2,1H3,(H,15,16). The number of hydrogen-bond donors (Lipinski definition) is 2. The number of benzene rings is 1. The molecule has 1 aliphatic rings. The molecule has 1 atom stereocenters. The lowest BCUT2D eigenvalue weighted by Crippen LogP contribution is -2.40. The number of nitrogens with one attached hydrogen (secondary N) is 1. The second kappa shape index (κ2) is 5.30. The third-order valence-electron chi connectivity index (χ3n) is 3.38. The third kappa shape index (κ3) is 2.96. The Bertz CT molecular complexity index is 595. The molecule has 19 heavy (non-hydrogen) atoms. The Morgan fingerprint density at radius 1 is 1.37 bits per heavy atom. The highest BCUT2D eigenvalue weighted by atomic mass is 32.2. The van der Waals surface area contributed by atoms with Gasteiger partial charge in [-0.05, 0) is 48.9 Å². The molecule has 2 rings (SSSR count). The molecule has 1 aliphatic carbocycles. The molecule has 0 radical (unpaired) electrons. The van der Waals surface area contributed by atoms with Crippen LogP contribution in [0.5, 0.6) is 0 Å². The SMILES string of the molecule is CCC(NS(=O)(=O)c1ccc2c(c1)CCC2)C(=O)O. The summed E-state index contributed by atoms with van der Waals surface area (Å²) in [6.45, 7) is 1.63. The number of hydrogen-bond acceptors (Lipinski definition) is 3. The van der Waals surface area contributed by atoms with E-state index >= 15 is 0 Å². The first kappa shape index (κ1) is 14.0. The van der Waals surface area contributed by atoms with Crippen LogP contribution in [0.4, 0.5) is 0 Å². The molecule has 104 valence electrons. The highest BCUT2D eigenvalue weighted by Crippen LogP contribution is 2.24. The Hall–Kier alpha value is -1.40. The maximum atomic E-state index is 12.1. The molecule has 0 spiro atoms. The number of carboxylic acid groups (broad SMARTS) is 1. The van der Waals surface area contributed by atoms with Gasteiger partial charge < -0.3 is 5.11 Å². The van der Waals surface area contributed by atoms with Gasteiger partial charge in [0.2, 0.25) is 10.0 Å². The second-order valence-electron chi connectivity index (χ2n) is 4.70. The lowest BCUT2D eigenvalue weighted by molar-refractivity contribution is -0.139. The molecule has 2 N–H and O–H groups in total. The van der Waals surface area contributed by atoms with E-state index in [-0.39, 0.29) is 11.3 Å². The van der Waals surface area contributed by atoms with Crippen LogP contribution in [0, 0.1) is 0 Å². The predicted octanol–water partition coefficient (Wildman–Crippen LogP) is 1.32. The van der Waals surface area contributed by atoms with Gasteiger partial charge in [-0.15, -0.1) is 0 Å². The number of fused-ring (bicyclic) bond motifs is 1. The van der Waals surface area contributed by atoms with Crippen molar-refractivity contribution < 1.29 is 18.3 Å². The van der Waals surface area contributed by atoms with E-state index in [4.69, 9.17) is 5.11 Å². The van der Waals surface area contributed by atoms with Gasteiger partial charge in [-0.25, -0.2) is 8.42 Å². The lowest BCUT2D eigenvalue weighted by Gasteiger charge is -2.13. The molecule has 5 nitrogen and oxygen atoms in total. The number of rotatable bonds is 5. The topological polar surface area (TPSA) is 83.5 Å². The fourth-order valence-electron chi connectivity index (χ4n) is 2.28. The zero-order valence-electron chi connectivity index (χ0n) is 10.7. The van der Waals surface area contributed by atoms with E-state index in [2.05, 4.69) is 4.72 Å². The van der Waals surface area contributed by atoms with Gasteiger partial charge in [0.05, 0.1) is 4.90 Å². The zero-order valence-corrected chi connectivity index (χ0v) is 11.5. The van der Waals surface area contributed by atoms with Gasteiger partial charge >= 0.3 is 5.97 Å². The first-order valence-corrected chi connectivity index (χ1v) is 7.79. The predicted molar refractivity (Wildman–Crippen MR) is 70.5 cm³/mol. The molecular formula is C13H17NO4S. The normalized spacial score (nSPS) is 16.1. The van der Waals surface area contributed by atoms with E-state index < -0.39 is 22.0 Å².